The van der Waals surface area contributed by atoms with E-state index in [0.717, 1.165) is 0 Å². The lowest BCUT2D eigenvalue weighted by atomic mass is 9.81. The summed E-state index contributed by atoms with van der Waals surface area (Å²) < 4.78 is 11.4. The molecule has 1 fully saturated rings. The fourth-order valence-corrected chi connectivity index (χ4v) is 10.9. The number of benzene rings is 1. The number of hydrogen-bond acceptors (Lipinski definition) is 17. The van der Waals surface area contributed by atoms with Crippen molar-refractivity contribution in [2.24, 2.45) is 23.7 Å². The van der Waals surface area contributed by atoms with Gasteiger partial charge in [-0.2, -0.15) is 11.8 Å². The Hall–Kier alpha value is -5.58. The lowest BCUT2D eigenvalue weighted by molar-refractivity contribution is -0.150. The number of amides is 6. The molecule has 3 rings (SSSR count). The van der Waals surface area contributed by atoms with E-state index in [1.165, 1.54) is 47.9 Å². The fourth-order valence-electron chi connectivity index (χ4n) is 9.40. The number of ketones is 3. The molecule has 1 aromatic carbocycles. The van der Waals surface area contributed by atoms with Crippen molar-refractivity contribution in [1.82, 2.24) is 30.3 Å². The molecule has 1 aliphatic rings. The Labute approximate surface area is 487 Å². The van der Waals surface area contributed by atoms with Gasteiger partial charge in [0.2, 0.25) is 29.5 Å². The zero-order chi connectivity index (χ0) is 60.9. The maximum Gasteiger partial charge on any atom is 0.303 e. The van der Waals surface area contributed by atoms with Crippen LogP contribution in [0.3, 0.4) is 0 Å². The highest BCUT2D eigenvalue weighted by Crippen LogP contribution is 2.34. The van der Waals surface area contributed by atoms with Crippen molar-refractivity contribution in [3.05, 3.63) is 39.8 Å². The third-order valence-electron chi connectivity index (χ3n) is 15.4. The number of ether oxygens (including phenoxy) is 2. The molecule has 1 aromatic heterocycles. The Kier molecular flexibility index (Phi) is 28.8. The Balaban J connectivity index is 1.55. The minimum absolute atomic E-state index is 0.00705. The minimum Gasteiger partial charge on any atom is -0.506 e. The number of thiazole rings is 1. The molecule has 0 aliphatic carbocycles. The molecule has 4 N–H and O–H groups in total. The number of aromatic hydroxyl groups is 1. The van der Waals surface area contributed by atoms with Crippen molar-refractivity contribution in [3.63, 3.8) is 0 Å². The van der Waals surface area contributed by atoms with Crippen LogP contribution < -0.4 is 16.0 Å². The Morgan fingerprint density at radius 3 is 2.22 bits per heavy atom. The van der Waals surface area contributed by atoms with Crippen molar-refractivity contribution in [1.29, 1.82) is 0 Å². The van der Waals surface area contributed by atoms with Gasteiger partial charge in [-0.3, -0.25) is 57.7 Å². The Morgan fingerprint density at radius 2 is 1.62 bits per heavy atom. The van der Waals surface area contributed by atoms with Gasteiger partial charge in [-0.1, -0.05) is 60.5 Å². The number of esters is 1. The summed E-state index contributed by atoms with van der Waals surface area (Å²) in [6.07, 6.45) is 4.84. The summed E-state index contributed by atoms with van der Waals surface area (Å²) in [6.45, 7) is 18.5. The third kappa shape index (κ3) is 21.6. The molecule has 1 unspecified atom stereocenters. The van der Waals surface area contributed by atoms with Gasteiger partial charge in [-0.15, -0.1) is 11.3 Å². The second kappa shape index (κ2) is 33.5. The number of rotatable bonds is 37. The summed E-state index contributed by atoms with van der Waals surface area (Å²) >= 11 is 2.52. The number of nitrogens with one attached hydrogen (secondary N) is 3. The first-order valence-corrected chi connectivity index (χ1v) is 30.5. The van der Waals surface area contributed by atoms with E-state index in [0.29, 0.717) is 49.1 Å². The molecule has 22 heteroatoms. The summed E-state index contributed by atoms with van der Waals surface area (Å²) in [6, 6.07) is 3.03. The summed E-state index contributed by atoms with van der Waals surface area (Å²) in [7, 11) is 5.40. The lowest BCUT2D eigenvalue weighted by Gasteiger charge is -2.38. The van der Waals surface area contributed by atoms with Crippen LogP contribution in [0.2, 0.25) is 0 Å². The molecule has 0 spiro atoms. The highest BCUT2D eigenvalue weighted by Gasteiger charge is 2.40. The maximum absolute atomic E-state index is 14.3. The number of hydrogen-bond donors (Lipinski definition) is 4. The third-order valence-corrected chi connectivity index (χ3v) is 17.3. The minimum atomic E-state index is -0.892. The average molecular weight is 1170 g/mol. The van der Waals surface area contributed by atoms with Gasteiger partial charge in [0.05, 0.1) is 29.1 Å². The van der Waals surface area contributed by atoms with Crippen molar-refractivity contribution < 1.29 is 62.5 Å². The monoisotopic (exact) mass is 1170 g/mol. The number of Topliss-reactive ketones (excluding diaryl/α,β-unsaturated/α-hetero) is 3. The molecule has 6 amide bonds. The molecule has 1 aliphatic heterocycles. The summed E-state index contributed by atoms with van der Waals surface area (Å²) in [5.74, 6) is -4.69. The molecular weight excluding hydrogens is 1080 g/mol. The lowest BCUT2D eigenvalue weighted by Crippen LogP contribution is -2.50. The molecule has 81 heavy (non-hydrogen) atoms. The van der Waals surface area contributed by atoms with Gasteiger partial charge in [0.1, 0.15) is 22.2 Å². The Morgan fingerprint density at radius 1 is 0.938 bits per heavy atom. The van der Waals surface area contributed by atoms with Crippen molar-refractivity contribution in [2.45, 2.75) is 188 Å². The van der Waals surface area contributed by atoms with E-state index < -0.39 is 65.3 Å². The second-order valence-corrected chi connectivity index (χ2v) is 24.5. The molecule has 452 valence electrons. The van der Waals surface area contributed by atoms with E-state index in [4.69, 9.17) is 9.47 Å². The number of aromatic nitrogens is 1. The van der Waals surface area contributed by atoms with Crippen molar-refractivity contribution in [2.75, 3.05) is 52.5 Å². The van der Waals surface area contributed by atoms with Crippen LogP contribution in [0.4, 0.5) is 5.69 Å². The average Bonchev–Trinajstić information content (AvgIpc) is 4.07. The number of likely N-dealkylation sites (tertiary alicyclic amines) is 1. The zero-order valence-corrected chi connectivity index (χ0v) is 51.9. The normalized spacial score (nSPS) is 16.3. The van der Waals surface area contributed by atoms with Crippen LogP contribution in [0.25, 0.3) is 0 Å². The molecule has 2 heterocycles. The highest BCUT2D eigenvalue weighted by atomic mass is 32.2. The van der Waals surface area contributed by atoms with E-state index in [1.807, 2.05) is 67.5 Å². The molecule has 0 bridgehead atoms. The topological polar surface area (TPSA) is 268 Å². The van der Waals surface area contributed by atoms with Gasteiger partial charge < -0.3 is 35.4 Å². The SMILES string of the molecule is CCC[C@H](Cc1ccc(O)c(NC(=O)[C@H](C)CC(=O)[C@H](C)NC(=O)CCOCCCC(=O)CCCN2C(=O)CC(SC)C2=O)c1)NC(=O)c1csc([C@@H](C[C@H](C(C)C)N(C)C(=O)[C@@H](CC(=O)C(C)(C)N(C)C)[C@@H](C)CC)OC(C)=O)n1. The molecular formula is C59H91N7O13S2. The van der Waals surface area contributed by atoms with Crippen LogP contribution >= 0.6 is 23.1 Å². The van der Waals surface area contributed by atoms with E-state index in [2.05, 4.69) is 20.9 Å². The first-order chi connectivity index (χ1) is 38.1. The van der Waals surface area contributed by atoms with Crippen LogP contribution in [0.15, 0.2) is 23.6 Å². The number of nitrogens with zero attached hydrogens (tertiary/aromatic N) is 4. The molecule has 20 nitrogen and oxygen atoms in total. The number of carbonyl (C=O) groups is 10. The van der Waals surface area contributed by atoms with Gasteiger partial charge in [0.15, 0.2) is 17.7 Å². The smallest absolute Gasteiger partial charge is 0.303 e. The fraction of sp³-hybridized carbons (Fsp3) is 0.678. The molecule has 0 radical (unpaired) electrons. The predicted molar refractivity (Wildman–Crippen MR) is 314 cm³/mol. The van der Waals surface area contributed by atoms with Gasteiger partial charge in [0.25, 0.3) is 5.91 Å². The summed E-state index contributed by atoms with van der Waals surface area (Å²) in [5, 5.41) is 20.8. The molecule has 1 saturated heterocycles. The van der Waals surface area contributed by atoms with E-state index in [9.17, 15) is 53.1 Å². The number of phenols is 1. The zero-order valence-electron chi connectivity index (χ0n) is 50.3. The number of imide groups is 1. The number of anilines is 1. The summed E-state index contributed by atoms with van der Waals surface area (Å²) in [5.41, 5.74) is 0.164. The molecule has 8 atom stereocenters. The number of likely N-dealkylation sites (N-methyl/N-ethyl adjacent to an activating group) is 1. The predicted octanol–water partition coefficient (Wildman–Crippen LogP) is 7.49. The van der Waals surface area contributed by atoms with Crippen LogP contribution in [0, 0.1) is 23.7 Å². The van der Waals surface area contributed by atoms with Crippen LogP contribution in [-0.4, -0.2) is 160 Å². The van der Waals surface area contributed by atoms with Crippen LogP contribution in [0.1, 0.15) is 173 Å². The highest BCUT2D eigenvalue weighted by molar-refractivity contribution is 8.00. The van der Waals surface area contributed by atoms with Crippen LogP contribution in [-0.2, 0) is 59.0 Å². The first-order valence-electron chi connectivity index (χ1n) is 28.4. The van der Waals surface area contributed by atoms with Crippen molar-refractivity contribution in [3.8, 4) is 5.75 Å². The number of thioether (sulfide) groups is 1. The van der Waals surface area contributed by atoms with Gasteiger partial charge in [0, 0.05) is 101 Å². The summed E-state index contributed by atoms with van der Waals surface area (Å²) in [4.78, 5) is 139. The maximum atomic E-state index is 14.3. The Bertz CT molecular complexity index is 2500. The second-order valence-electron chi connectivity index (χ2n) is 22.5. The van der Waals surface area contributed by atoms with Crippen molar-refractivity contribution >= 4 is 87.5 Å². The van der Waals surface area contributed by atoms with Gasteiger partial charge in [-0.25, -0.2) is 4.98 Å². The quantitative estimate of drug-likeness (QED) is 0.0221. The van der Waals surface area contributed by atoms with Gasteiger partial charge >= 0.3 is 5.97 Å². The van der Waals surface area contributed by atoms with Gasteiger partial charge in [-0.05, 0) is 96.3 Å². The molecule has 0 saturated carbocycles. The number of carbonyl (C=O) groups excluding carboxylic acids is 10. The number of phenolic OH excluding ortho intramolecular Hbond substituents is 1. The molecule has 2 aromatic rings. The first kappa shape index (κ1) is 69.7. The standard InChI is InChI=1S/C59H91N7O13S2/c1-15-19-41(61-55(75)45-34-81-56(63-45)49(79-39(8)67)32-46(35(3)4)65(13)57(76)43(36(5)16-2)31-51(71)59(9,10)64(11)12)29-40-22-23-47(69)44(30-40)62-54(74)37(6)28-48(70)38(7)60-52(72)24-27-78-26-18-21-42(68)20-17-25-66-53(73)33-50(80-14)58(66)77/h22-23,30,34-38,41,43,46,49-50,69H,15-21,24-29,31-33H2,1-14H3,(H,60,72)(H,61,75)(H,62,74)/t36-,37+,38-,41+,43-,46+,49+,50?/m0/s1. The van der Waals surface area contributed by atoms with E-state index >= 15 is 0 Å². The van der Waals surface area contributed by atoms with Crippen LogP contribution in [0.5, 0.6) is 5.75 Å². The van der Waals surface area contributed by atoms with E-state index in [-0.39, 0.29) is 134 Å². The largest absolute Gasteiger partial charge is 0.506 e. The van der Waals surface area contributed by atoms with E-state index in [1.54, 1.807) is 42.6 Å².